The first-order valence-corrected chi connectivity index (χ1v) is 10.0. The lowest BCUT2D eigenvalue weighted by molar-refractivity contribution is 0.0655. The van der Waals surface area contributed by atoms with E-state index in [9.17, 15) is 14.4 Å². The first-order chi connectivity index (χ1) is 14.0. The van der Waals surface area contributed by atoms with Crippen LogP contribution >= 0.6 is 12.4 Å². The summed E-state index contributed by atoms with van der Waals surface area (Å²) in [7, 11) is 0. The van der Waals surface area contributed by atoms with E-state index in [1.54, 1.807) is 18.2 Å². The van der Waals surface area contributed by atoms with Gasteiger partial charge in [-0.3, -0.25) is 19.3 Å². The van der Waals surface area contributed by atoms with Gasteiger partial charge in [0.25, 0.3) is 17.7 Å². The smallest absolute Gasteiger partial charge is 0.261 e. The molecule has 4 rings (SSSR count). The highest BCUT2D eigenvalue weighted by Crippen LogP contribution is 2.28. The van der Waals surface area contributed by atoms with Gasteiger partial charge in [0.05, 0.1) is 11.1 Å². The molecule has 0 aromatic heterocycles. The highest BCUT2D eigenvalue weighted by Gasteiger charge is 2.37. The summed E-state index contributed by atoms with van der Waals surface area (Å²) < 4.78 is 0. The Hall–Kier alpha value is -2.70. The molecule has 0 aliphatic carbocycles. The summed E-state index contributed by atoms with van der Waals surface area (Å²) in [5.74, 6) is -0.429. The van der Waals surface area contributed by atoms with Crippen LogP contribution in [-0.4, -0.2) is 53.2 Å². The van der Waals surface area contributed by atoms with E-state index in [0.717, 1.165) is 12.0 Å². The Morgan fingerprint density at radius 1 is 1.07 bits per heavy atom. The van der Waals surface area contributed by atoms with Crippen molar-refractivity contribution in [3.8, 4) is 0 Å². The summed E-state index contributed by atoms with van der Waals surface area (Å²) in [5.41, 5.74) is 7.96. The minimum Gasteiger partial charge on any atom is -0.336 e. The van der Waals surface area contributed by atoms with Gasteiger partial charge in [-0.1, -0.05) is 30.3 Å². The number of fused-ring (bicyclic) bond motifs is 1. The molecule has 2 N–H and O–H groups in total. The Morgan fingerprint density at radius 3 is 2.43 bits per heavy atom. The molecule has 3 amide bonds. The number of nitrogens with zero attached hydrogens (tertiary/aromatic N) is 2. The van der Waals surface area contributed by atoms with Crippen molar-refractivity contribution in [2.75, 3.05) is 19.6 Å². The minimum absolute atomic E-state index is 0. The van der Waals surface area contributed by atoms with Crippen LogP contribution in [0.4, 0.5) is 0 Å². The van der Waals surface area contributed by atoms with Gasteiger partial charge in [-0.05, 0) is 56.0 Å². The van der Waals surface area contributed by atoms with Crippen molar-refractivity contribution in [2.45, 2.75) is 25.8 Å². The van der Waals surface area contributed by atoms with Gasteiger partial charge >= 0.3 is 0 Å². The highest BCUT2D eigenvalue weighted by atomic mass is 35.5. The molecule has 30 heavy (non-hydrogen) atoms. The molecule has 2 heterocycles. The monoisotopic (exact) mass is 427 g/mol. The molecule has 2 atom stereocenters. The number of carbonyl (C=O) groups is 3. The molecule has 2 aliphatic rings. The molecule has 6 nitrogen and oxygen atoms in total. The molecule has 2 unspecified atom stereocenters. The van der Waals surface area contributed by atoms with E-state index in [1.165, 1.54) is 4.90 Å². The van der Waals surface area contributed by atoms with Crippen molar-refractivity contribution < 1.29 is 14.4 Å². The van der Waals surface area contributed by atoms with Crippen molar-refractivity contribution in [3.05, 3.63) is 70.8 Å². The number of imide groups is 1. The quantitative estimate of drug-likeness (QED) is 0.743. The number of hydrogen-bond acceptors (Lipinski definition) is 4. The number of benzene rings is 2. The molecule has 2 aromatic rings. The maximum atomic E-state index is 13.0. The second-order valence-corrected chi connectivity index (χ2v) is 7.90. The van der Waals surface area contributed by atoms with Crippen LogP contribution in [0.5, 0.6) is 0 Å². The molecule has 0 radical (unpaired) electrons. The fourth-order valence-electron chi connectivity index (χ4n) is 4.27. The summed E-state index contributed by atoms with van der Waals surface area (Å²) in [6.07, 6.45) is 1.49. The van der Waals surface area contributed by atoms with Crippen LogP contribution in [0.2, 0.25) is 0 Å². The third-order valence-corrected chi connectivity index (χ3v) is 5.94. The fourth-order valence-corrected chi connectivity index (χ4v) is 4.27. The lowest BCUT2D eigenvalue weighted by atomic mass is 10.0. The van der Waals surface area contributed by atoms with Gasteiger partial charge in [-0.2, -0.15) is 0 Å². The number of likely N-dealkylation sites (tertiary alicyclic amines) is 1. The topological polar surface area (TPSA) is 83.7 Å². The van der Waals surface area contributed by atoms with E-state index in [-0.39, 0.29) is 36.2 Å². The number of rotatable bonds is 5. The van der Waals surface area contributed by atoms with Gasteiger partial charge in [0, 0.05) is 24.7 Å². The highest BCUT2D eigenvalue weighted by molar-refractivity contribution is 6.22. The van der Waals surface area contributed by atoms with Crippen LogP contribution < -0.4 is 5.73 Å². The molecule has 2 aromatic carbocycles. The summed E-state index contributed by atoms with van der Waals surface area (Å²) >= 11 is 0. The summed E-state index contributed by atoms with van der Waals surface area (Å²) in [6, 6.07) is 14.7. The van der Waals surface area contributed by atoms with Crippen molar-refractivity contribution >= 4 is 30.1 Å². The normalized spacial score (nSPS) is 20.3. The van der Waals surface area contributed by atoms with Crippen molar-refractivity contribution in [2.24, 2.45) is 11.7 Å². The number of carbonyl (C=O) groups excluding carboxylic acids is 3. The van der Waals surface area contributed by atoms with E-state index in [4.69, 9.17) is 5.73 Å². The Bertz CT molecular complexity index is 963. The number of hydrogen-bond donors (Lipinski definition) is 1. The van der Waals surface area contributed by atoms with Crippen LogP contribution in [0.1, 0.15) is 50.0 Å². The molecule has 1 fully saturated rings. The van der Waals surface area contributed by atoms with Gasteiger partial charge < -0.3 is 10.6 Å². The summed E-state index contributed by atoms with van der Waals surface area (Å²) in [5, 5.41) is 0. The van der Waals surface area contributed by atoms with Gasteiger partial charge in [0.2, 0.25) is 0 Å². The number of nitrogens with two attached hydrogens (primary N) is 1. The van der Waals surface area contributed by atoms with Crippen LogP contribution in [0.25, 0.3) is 0 Å². The fraction of sp³-hybridized carbons (Fsp3) is 0.348. The molecule has 0 saturated carbocycles. The number of amides is 3. The first kappa shape index (κ1) is 22.0. The van der Waals surface area contributed by atoms with Gasteiger partial charge in [0.15, 0.2) is 0 Å². The average Bonchev–Trinajstić information content (AvgIpc) is 3.24. The molecule has 1 saturated heterocycles. The molecular formula is C23H26ClN3O3. The lowest BCUT2D eigenvalue weighted by Gasteiger charge is -2.21. The largest absolute Gasteiger partial charge is 0.336 e. The average molecular weight is 428 g/mol. The molecular weight excluding hydrogens is 402 g/mol. The van der Waals surface area contributed by atoms with Gasteiger partial charge in [-0.15, -0.1) is 12.4 Å². The molecule has 158 valence electrons. The molecule has 7 heteroatoms. The van der Waals surface area contributed by atoms with Gasteiger partial charge in [0.1, 0.15) is 0 Å². The lowest BCUT2D eigenvalue weighted by Crippen LogP contribution is -2.34. The maximum Gasteiger partial charge on any atom is 0.261 e. The maximum absolute atomic E-state index is 13.0. The molecule has 2 aliphatic heterocycles. The minimum atomic E-state index is -0.329. The molecule has 0 bridgehead atoms. The Balaban J connectivity index is 0.00000256. The van der Waals surface area contributed by atoms with E-state index in [2.05, 4.69) is 0 Å². The van der Waals surface area contributed by atoms with Crippen molar-refractivity contribution in [3.63, 3.8) is 0 Å². The van der Waals surface area contributed by atoms with E-state index in [0.29, 0.717) is 48.7 Å². The van der Waals surface area contributed by atoms with Crippen molar-refractivity contribution in [1.29, 1.82) is 0 Å². The van der Waals surface area contributed by atoms with Gasteiger partial charge in [-0.25, -0.2) is 0 Å². The second-order valence-electron chi connectivity index (χ2n) is 7.90. The standard InChI is InChI=1S/C23H25N3O3.ClH/c1-15-11-17(13-24)14-26(15)21(27)18-7-8-19-20(12-18)23(29)25(22(19)28)10-9-16-5-3-2-4-6-16;/h2-8,12,15,17H,9-11,13-14,24H2,1H3;1H. The number of halogens is 1. The zero-order valence-corrected chi connectivity index (χ0v) is 17.7. The Labute approximate surface area is 182 Å². The van der Waals surface area contributed by atoms with Crippen molar-refractivity contribution in [1.82, 2.24) is 9.80 Å². The van der Waals surface area contributed by atoms with E-state index >= 15 is 0 Å². The summed E-state index contributed by atoms with van der Waals surface area (Å²) in [4.78, 5) is 41.6. The van der Waals surface area contributed by atoms with E-state index < -0.39 is 0 Å². The van der Waals surface area contributed by atoms with E-state index in [1.807, 2.05) is 42.2 Å². The second kappa shape index (κ2) is 8.98. The van der Waals surface area contributed by atoms with Crippen LogP contribution in [0, 0.1) is 5.92 Å². The Morgan fingerprint density at radius 2 is 1.77 bits per heavy atom. The third kappa shape index (κ3) is 3.98. The zero-order valence-electron chi connectivity index (χ0n) is 16.9. The Kier molecular flexibility index (Phi) is 6.58. The third-order valence-electron chi connectivity index (χ3n) is 5.94. The predicted molar refractivity (Wildman–Crippen MR) is 117 cm³/mol. The summed E-state index contributed by atoms with van der Waals surface area (Å²) in [6.45, 7) is 3.52. The predicted octanol–water partition coefficient (Wildman–Crippen LogP) is 2.76. The first-order valence-electron chi connectivity index (χ1n) is 10.0. The van der Waals surface area contributed by atoms with Crippen LogP contribution in [0.15, 0.2) is 48.5 Å². The zero-order chi connectivity index (χ0) is 20.5. The van der Waals surface area contributed by atoms with Crippen LogP contribution in [-0.2, 0) is 6.42 Å². The molecule has 0 spiro atoms. The SMILES string of the molecule is CC1CC(CN)CN1C(=O)c1ccc2c(c1)C(=O)N(CCc1ccccc1)C2=O.Cl. The van der Waals surface area contributed by atoms with Crippen LogP contribution in [0.3, 0.4) is 0 Å².